The van der Waals surface area contributed by atoms with Gasteiger partial charge < -0.3 is 0 Å². The largest absolute Gasteiger partial charge is 0.272 e. The maximum atomic E-state index is 12.6. The van der Waals surface area contributed by atoms with Crippen molar-refractivity contribution >= 4 is 22.1 Å². The summed E-state index contributed by atoms with van der Waals surface area (Å²) in [4.78, 5) is 12.2. The summed E-state index contributed by atoms with van der Waals surface area (Å²) < 4.78 is 27.5. The van der Waals surface area contributed by atoms with Gasteiger partial charge in [-0.1, -0.05) is 62.7 Å². The topological polar surface area (TPSA) is 87.6 Å². The Hall–Kier alpha value is -2.51. The molecule has 0 radical (unpaired) electrons. The first-order chi connectivity index (χ1) is 13.4. The smallest absolute Gasteiger partial charge is 0.255 e. The van der Waals surface area contributed by atoms with Crippen LogP contribution in [0.1, 0.15) is 48.6 Å². The monoisotopic (exact) mass is 415 g/mol. The van der Waals surface area contributed by atoms with Gasteiger partial charge in [-0.3, -0.25) is 4.79 Å². The van der Waals surface area contributed by atoms with Crippen molar-refractivity contribution in [2.75, 3.05) is 6.54 Å². The molecule has 2 aromatic rings. The predicted octanol–water partition coefficient (Wildman–Crippen LogP) is 3.34. The Morgan fingerprint density at radius 2 is 1.59 bits per heavy atom. The standard InChI is InChI=1S/C22H29N3O3S/c1-15-11-16(2)21(17(3)12-15)29(27,28)24-14-20(26)25-23-13-18-7-9-19(10-8-18)22(4,5)6/h7-13,24H,14H2,1-6H3,(H,25,26)/b23-13-. The fraction of sp³-hybridized carbons (Fsp3) is 0.364. The highest BCUT2D eigenvalue weighted by atomic mass is 32.2. The van der Waals surface area contributed by atoms with Gasteiger partial charge in [0.05, 0.1) is 17.7 Å². The summed E-state index contributed by atoms with van der Waals surface area (Å²) in [6.45, 7) is 11.4. The van der Waals surface area contributed by atoms with Gasteiger partial charge >= 0.3 is 0 Å². The second-order valence-corrected chi connectivity index (χ2v) is 9.92. The van der Waals surface area contributed by atoms with Crippen molar-refractivity contribution in [3.63, 3.8) is 0 Å². The molecule has 156 valence electrons. The molecule has 29 heavy (non-hydrogen) atoms. The van der Waals surface area contributed by atoms with E-state index < -0.39 is 22.5 Å². The van der Waals surface area contributed by atoms with Gasteiger partial charge in [0.2, 0.25) is 10.0 Å². The zero-order chi connectivity index (χ0) is 21.8. The summed E-state index contributed by atoms with van der Waals surface area (Å²) in [5.41, 5.74) is 6.73. The van der Waals surface area contributed by atoms with Crippen molar-refractivity contribution in [2.45, 2.75) is 51.9 Å². The molecule has 0 unspecified atom stereocenters. The van der Waals surface area contributed by atoms with Crippen LogP contribution >= 0.6 is 0 Å². The highest BCUT2D eigenvalue weighted by Gasteiger charge is 2.20. The summed E-state index contributed by atoms with van der Waals surface area (Å²) >= 11 is 0. The van der Waals surface area contributed by atoms with E-state index in [2.05, 4.69) is 36.0 Å². The first-order valence-corrected chi connectivity index (χ1v) is 10.9. The Labute approximate surface area is 173 Å². The lowest BCUT2D eigenvalue weighted by Gasteiger charge is -2.18. The van der Waals surface area contributed by atoms with Crippen LogP contribution in [0.3, 0.4) is 0 Å². The first-order valence-electron chi connectivity index (χ1n) is 9.40. The molecule has 0 aromatic heterocycles. The highest BCUT2D eigenvalue weighted by Crippen LogP contribution is 2.22. The third-order valence-electron chi connectivity index (χ3n) is 4.48. The molecule has 0 atom stereocenters. The molecule has 0 spiro atoms. The first kappa shape index (κ1) is 22.8. The number of nitrogens with zero attached hydrogens (tertiary/aromatic N) is 1. The van der Waals surface area contributed by atoms with Crippen LogP contribution in [-0.2, 0) is 20.2 Å². The summed E-state index contributed by atoms with van der Waals surface area (Å²) in [5.74, 6) is -0.543. The summed E-state index contributed by atoms with van der Waals surface area (Å²) in [6, 6.07) is 11.5. The van der Waals surface area contributed by atoms with Gasteiger partial charge in [-0.05, 0) is 48.4 Å². The average molecular weight is 416 g/mol. The molecule has 0 fully saturated rings. The van der Waals surface area contributed by atoms with Gasteiger partial charge in [0.25, 0.3) is 5.91 Å². The maximum absolute atomic E-state index is 12.6. The Kier molecular flexibility index (Phi) is 6.97. The number of amides is 1. The van der Waals surface area contributed by atoms with E-state index in [9.17, 15) is 13.2 Å². The van der Waals surface area contributed by atoms with Crippen LogP contribution < -0.4 is 10.1 Å². The molecular weight excluding hydrogens is 386 g/mol. The summed E-state index contributed by atoms with van der Waals surface area (Å²) in [6.07, 6.45) is 1.52. The molecule has 0 heterocycles. The van der Waals surface area contributed by atoms with Crippen molar-refractivity contribution < 1.29 is 13.2 Å². The molecule has 2 aromatic carbocycles. The van der Waals surface area contributed by atoms with Crippen LogP contribution in [-0.4, -0.2) is 27.1 Å². The maximum Gasteiger partial charge on any atom is 0.255 e. The minimum atomic E-state index is -3.79. The highest BCUT2D eigenvalue weighted by molar-refractivity contribution is 7.89. The molecule has 0 aliphatic carbocycles. The minimum absolute atomic E-state index is 0.0647. The third-order valence-corrected chi connectivity index (χ3v) is 6.18. The number of hydrazone groups is 1. The Balaban J connectivity index is 1.95. The van der Waals surface area contributed by atoms with Gasteiger partial charge in [-0.25, -0.2) is 18.6 Å². The van der Waals surface area contributed by atoms with Crippen LogP contribution in [0.2, 0.25) is 0 Å². The number of rotatable bonds is 6. The van der Waals surface area contributed by atoms with E-state index in [0.29, 0.717) is 11.1 Å². The molecule has 6 nitrogen and oxygen atoms in total. The molecule has 1 amide bonds. The number of carbonyl (C=O) groups excluding carboxylic acids is 1. The number of hydrogen-bond acceptors (Lipinski definition) is 4. The van der Waals surface area contributed by atoms with Crippen molar-refractivity contribution in [1.82, 2.24) is 10.1 Å². The van der Waals surface area contributed by atoms with E-state index in [1.54, 1.807) is 26.0 Å². The third kappa shape index (κ3) is 6.24. The van der Waals surface area contributed by atoms with Crippen molar-refractivity contribution in [3.8, 4) is 0 Å². The molecule has 0 saturated heterocycles. The van der Waals surface area contributed by atoms with Gasteiger partial charge in [0.15, 0.2) is 0 Å². The summed E-state index contributed by atoms with van der Waals surface area (Å²) in [5, 5.41) is 3.89. The minimum Gasteiger partial charge on any atom is -0.272 e. The quantitative estimate of drug-likeness (QED) is 0.560. The summed E-state index contributed by atoms with van der Waals surface area (Å²) in [7, 11) is -3.79. The molecule has 0 bridgehead atoms. The molecule has 0 aliphatic heterocycles. The van der Waals surface area contributed by atoms with Crippen molar-refractivity contribution in [2.24, 2.45) is 5.10 Å². The van der Waals surface area contributed by atoms with Gasteiger partial charge in [-0.2, -0.15) is 5.10 Å². The molecule has 2 rings (SSSR count). The number of sulfonamides is 1. The van der Waals surface area contributed by atoms with Gasteiger partial charge in [0, 0.05) is 0 Å². The SMILES string of the molecule is Cc1cc(C)c(S(=O)(=O)NCC(=O)N/N=C\c2ccc(C(C)(C)C)cc2)c(C)c1. The molecule has 0 saturated carbocycles. The van der Waals surface area contributed by atoms with Crippen molar-refractivity contribution in [1.29, 1.82) is 0 Å². The van der Waals surface area contributed by atoms with Gasteiger partial charge in [-0.15, -0.1) is 0 Å². The van der Waals surface area contributed by atoms with E-state index in [1.807, 2.05) is 31.2 Å². The number of benzene rings is 2. The van der Waals surface area contributed by atoms with Gasteiger partial charge in [0.1, 0.15) is 0 Å². The molecule has 2 N–H and O–H groups in total. The lowest BCUT2D eigenvalue weighted by molar-refractivity contribution is -0.119. The molecule has 0 aliphatic rings. The fourth-order valence-corrected chi connectivity index (χ4v) is 4.54. The van der Waals surface area contributed by atoms with Crippen LogP contribution in [0.25, 0.3) is 0 Å². The number of nitrogens with one attached hydrogen (secondary N) is 2. The Bertz CT molecular complexity index is 995. The zero-order valence-corrected chi connectivity index (χ0v) is 18.6. The normalized spacial score (nSPS) is 12.3. The average Bonchev–Trinajstić information content (AvgIpc) is 2.58. The van der Waals surface area contributed by atoms with E-state index >= 15 is 0 Å². The van der Waals surface area contributed by atoms with Crippen LogP contribution in [0.15, 0.2) is 46.4 Å². The number of hydrogen-bond donors (Lipinski definition) is 2. The number of carbonyl (C=O) groups is 1. The van der Waals surface area contributed by atoms with Crippen LogP contribution in [0.4, 0.5) is 0 Å². The predicted molar refractivity (Wildman–Crippen MR) is 117 cm³/mol. The Morgan fingerprint density at radius 3 is 2.10 bits per heavy atom. The van der Waals surface area contributed by atoms with Crippen molar-refractivity contribution in [3.05, 3.63) is 64.2 Å². The second kappa shape index (κ2) is 8.88. The second-order valence-electron chi connectivity index (χ2n) is 8.22. The number of aryl methyl sites for hydroxylation is 3. The fourth-order valence-electron chi connectivity index (χ4n) is 3.11. The van der Waals surface area contributed by atoms with E-state index in [-0.39, 0.29) is 10.3 Å². The zero-order valence-electron chi connectivity index (χ0n) is 17.8. The molecular formula is C22H29N3O3S. The van der Waals surface area contributed by atoms with E-state index in [1.165, 1.54) is 11.8 Å². The Morgan fingerprint density at radius 1 is 1.03 bits per heavy atom. The van der Waals surface area contributed by atoms with E-state index in [0.717, 1.165) is 11.1 Å². The van der Waals surface area contributed by atoms with Crippen LogP contribution in [0.5, 0.6) is 0 Å². The van der Waals surface area contributed by atoms with Crippen LogP contribution in [0, 0.1) is 20.8 Å². The lowest BCUT2D eigenvalue weighted by atomic mass is 9.87. The van der Waals surface area contributed by atoms with E-state index in [4.69, 9.17) is 0 Å². The molecule has 7 heteroatoms. The lowest BCUT2D eigenvalue weighted by Crippen LogP contribution is -2.35.